The molecule has 5 rings (SSSR count). The number of nitrogens with zero attached hydrogens (tertiary/aromatic N) is 1. The van der Waals surface area contributed by atoms with Gasteiger partial charge in [0.1, 0.15) is 17.5 Å². The van der Waals surface area contributed by atoms with E-state index < -0.39 is 12.1 Å². The quantitative estimate of drug-likeness (QED) is 0.590. The van der Waals surface area contributed by atoms with Gasteiger partial charge >= 0.3 is 0 Å². The fraction of sp³-hybridized carbons (Fsp3) is 0.500. The van der Waals surface area contributed by atoms with Gasteiger partial charge in [-0.25, -0.2) is 0 Å². The highest BCUT2D eigenvalue weighted by Crippen LogP contribution is 2.43. The summed E-state index contributed by atoms with van der Waals surface area (Å²) in [5, 5.41) is 4.63. The number of rotatable bonds is 5. The Bertz CT molecular complexity index is 1160. The van der Waals surface area contributed by atoms with Gasteiger partial charge in [-0.15, -0.1) is 6.42 Å². The van der Waals surface area contributed by atoms with E-state index in [0.717, 1.165) is 32.1 Å². The molecule has 8 heteroatoms. The van der Waals surface area contributed by atoms with E-state index in [1.807, 2.05) is 0 Å². The third kappa shape index (κ3) is 4.10. The first-order chi connectivity index (χ1) is 16.4. The maximum Gasteiger partial charge on any atom is 0.271 e. The molecule has 2 saturated carbocycles. The van der Waals surface area contributed by atoms with Crippen LogP contribution in [0, 0.1) is 30.1 Å². The van der Waals surface area contributed by atoms with Gasteiger partial charge in [0, 0.05) is 24.3 Å². The number of H-pyrrole nitrogens is 1. The summed E-state index contributed by atoms with van der Waals surface area (Å²) in [6.45, 7) is 0.528. The zero-order chi connectivity index (χ0) is 24.0. The Labute approximate surface area is 208 Å². The van der Waals surface area contributed by atoms with E-state index >= 15 is 0 Å². The van der Waals surface area contributed by atoms with Gasteiger partial charge in [0.15, 0.2) is 0 Å². The van der Waals surface area contributed by atoms with E-state index in [9.17, 15) is 14.4 Å². The van der Waals surface area contributed by atoms with Crippen LogP contribution in [0.4, 0.5) is 0 Å². The summed E-state index contributed by atoms with van der Waals surface area (Å²) in [6.07, 6.45) is 11.4. The van der Waals surface area contributed by atoms with Crippen molar-refractivity contribution < 1.29 is 14.4 Å². The Balaban J connectivity index is 1.38. The normalized spacial score (nSPS) is 27.1. The first kappa shape index (κ1) is 23.3. The van der Waals surface area contributed by atoms with Crippen molar-refractivity contribution in [1.82, 2.24) is 15.2 Å². The Morgan fingerprint density at radius 2 is 2.00 bits per heavy atom. The lowest BCUT2D eigenvalue weighted by molar-refractivity contribution is -0.127. The number of amides is 2. The predicted molar refractivity (Wildman–Crippen MR) is 132 cm³/mol. The van der Waals surface area contributed by atoms with E-state index in [1.54, 1.807) is 23.1 Å². The van der Waals surface area contributed by atoms with Crippen LogP contribution in [-0.2, 0) is 9.59 Å². The van der Waals surface area contributed by atoms with Crippen LogP contribution in [0.5, 0.6) is 0 Å². The predicted octanol–water partition coefficient (Wildman–Crippen LogP) is 4.59. The third-order valence-electron chi connectivity index (χ3n) is 7.81. The number of carbonyl (C=O) groups excluding carboxylic acids is 3. The molecule has 178 valence electrons. The first-order valence-corrected chi connectivity index (χ1v) is 12.7. The van der Waals surface area contributed by atoms with Gasteiger partial charge in [-0.1, -0.05) is 35.5 Å². The molecule has 3 aliphatic rings. The monoisotopic (exact) mass is 499 g/mol. The molecule has 34 heavy (non-hydrogen) atoms. The maximum absolute atomic E-state index is 13.6. The molecule has 5 atom stereocenters. The lowest BCUT2D eigenvalue weighted by atomic mass is 9.92. The molecule has 3 fully saturated rings. The molecule has 1 aromatic heterocycles. The van der Waals surface area contributed by atoms with Gasteiger partial charge < -0.3 is 15.2 Å². The van der Waals surface area contributed by atoms with E-state index in [2.05, 4.69) is 16.2 Å². The first-order valence-electron chi connectivity index (χ1n) is 11.9. The van der Waals surface area contributed by atoms with Crippen molar-refractivity contribution >= 4 is 51.7 Å². The van der Waals surface area contributed by atoms with Crippen LogP contribution in [0.3, 0.4) is 0 Å². The van der Waals surface area contributed by atoms with Gasteiger partial charge in [-0.2, -0.15) is 0 Å². The van der Waals surface area contributed by atoms with Crippen LogP contribution in [0.25, 0.3) is 10.9 Å². The summed E-state index contributed by atoms with van der Waals surface area (Å²) < 4.78 is 0. The molecule has 2 aromatic rings. The Kier molecular flexibility index (Phi) is 6.35. The number of fused-ring (bicyclic) bond motifs is 2. The number of likely N-dealkylation sites (tertiary alicyclic amines) is 1. The van der Waals surface area contributed by atoms with Crippen LogP contribution in [0.2, 0.25) is 10.0 Å². The number of hydrogen-bond acceptors (Lipinski definition) is 3. The molecule has 1 aromatic carbocycles. The highest BCUT2D eigenvalue weighted by molar-refractivity contribution is 6.40. The van der Waals surface area contributed by atoms with Gasteiger partial charge in [0.25, 0.3) is 5.91 Å². The lowest BCUT2D eigenvalue weighted by Crippen LogP contribution is -2.51. The van der Waals surface area contributed by atoms with E-state index in [-0.39, 0.29) is 35.4 Å². The van der Waals surface area contributed by atoms with E-state index in [1.165, 1.54) is 0 Å². The Hall–Kier alpha value is -2.49. The second-order valence-corrected chi connectivity index (χ2v) is 10.6. The molecule has 1 aliphatic heterocycles. The molecule has 1 saturated heterocycles. The molecule has 0 radical (unpaired) electrons. The summed E-state index contributed by atoms with van der Waals surface area (Å²) in [7, 11) is 0. The number of halogens is 2. The number of ketones is 1. The molecular weight excluding hydrogens is 473 g/mol. The number of aromatic nitrogens is 1. The number of hydrogen-bond donors (Lipinski definition) is 2. The van der Waals surface area contributed by atoms with Crippen molar-refractivity contribution in [3.63, 3.8) is 0 Å². The molecule has 6 nitrogen and oxygen atoms in total. The summed E-state index contributed by atoms with van der Waals surface area (Å²) >= 11 is 12.6. The minimum atomic E-state index is -0.590. The molecule has 0 spiro atoms. The number of Topliss-reactive ketones (excluding diaryl/α,β-unsaturated/α-hetero) is 1. The van der Waals surface area contributed by atoms with Crippen LogP contribution >= 0.6 is 23.2 Å². The minimum Gasteiger partial charge on any atom is -0.349 e. The molecule has 2 heterocycles. The van der Waals surface area contributed by atoms with Crippen LogP contribution in [-0.4, -0.2) is 46.1 Å². The van der Waals surface area contributed by atoms with E-state index in [4.69, 9.17) is 29.6 Å². The highest BCUT2D eigenvalue weighted by Gasteiger charge is 2.50. The van der Waals surface area contributed by atoms with E-state index in [0.29, 0.717) is 46.0 Å². The topological polar surface area (TPSA) is 82.3 Å². The van der Waals surface area contributed by atoms with Gasteiger partial charge in [-0.3, -0.25) is 14.4 Å². The summed E-state index contributed by atoms with van der Waals surface area (Å²) in [4.78, 5) is 44.0. The van der Waals surface area contributed by atoms with Crippen molar-refractivity contribution in [3.05, 3.63) is 33.9 Å². The highest BCUT2D eigenvalue weighted by atomic mass is 35.5. The zero-order valence-corrected chi connectivity index (χ0v) is 20.3. The Morgan fingerprint density at radius 1 is 1.21 bits per heavy atom. The Morgan fingerprint density at radius 3 is 2.71 bits per heavy atom. The smallest absolute Gasteiger partial charge is 0.271 e. The van der Waals surface area contributed by atoms with Crippen molar-refractivity contribution in [2.75, 3.05) is 6.54 Å². The maximum atomic E-state index is 13.6. The molecule has 5 unspecified atom stereocenters. The van der Waals surface area contributed by atoms with Crippen molar-refractivity contribution in [3.8, 4) is 12.3 Å². The van der Waals surface area contributed by atoms with Crippen molar-refractivity contribution in [2.45, 2.75) is 57.0 Å². The number of nitrogens with one attached hydrogen (secondary N) is 2. The average molecular weight is 500 g/mol. The largest absolute Gasteiger partial charge is 0.349 e. The second kappa shape index (κ2) is 9.28. The van der Waals surface area contributed by atoms with Crippen molar-refractivity contribution in [1.29, 1.82) is 0 Å². The second-order valence-electron chi connectivity index (χ2n) is 9.78. The number of carbonyl (C=O) groups is 3. The van der Waals surface area contributed by atoms with Crippen LogP contribution in [0.1, 0.15) is 55.4 Å². The minimum absolute atomic E-state index is 0.0947. The fourth-order valence-corrected chi connectivity index (χ4v) is 6.54. The number of terminal acetylenes is 1. The van der Waals surface area contributed by atoms with Gasteiger partial charge in [0.2, 0.25) is 5.91 Å². The average Bonchev–Trinajstić information content (AvgIpc) is 3.59. The molecule has 2 N–H and O–H groups in total. The summed E-state index contributed by atoms with van der Waals surface area (Å²) in [5.41, 5.74) is 0.958. The van der Waals surface area contributed by atoms with Crippen LogP contribution in [0.15, 0.2) is 18.2 Å². The molecule has 0 bridgehead atoms. The third-order valence-corrected chi connectivity index (χ3v) is 8.45. The fourth-order valence-electron chi connectivity index (χ4n) is 6.12. The zero-order valence-electron chi connectivity index (χ0n) is 18.8. The van der Waals surface area contributed by atoms with Crippen LogP contribution < -0.4 is 5.32 Å². The summed E-state index contributed by atoms with van der Waals surface area (Å²) in [6, 6.07) is 3.96. The number of benzene rings is 1. The standard InChI is InChI=1S/C26H27Cl2N3O3/c1-2-16(11-14-5-4-8-22(14)32)29-25(33)24-17-7-3-6-15(17)13-31(24)26(34)21-12-18-19(27)9-10-20(28)23(18)30-21/h1,9-10,12,14-17,24,30H,3-8,11,13H2,(H,29,33). The summed E-state index contributed by atoms with van der Waals surface area (Å²) in [5.74, 6) is 2.68. The number of aromatic amines is 1. The van der Waals surface area contributed by atoms with Gasteiger partial charge in [0.05, 0.1) is 21.6 Å². The SMILES string of the molecule is C#CC(CC1CCCC1=O)NC(=O)C1C2CCCC2CN1C(=O)c1cc2c(Cl)ccc(Cl)c2[nH]1. The molecular formula is C26H27Cl2N3O3. The lowest BCUT2D eigenvalue weighted by Gasteiger charge is -2.28. The molecule has 2 amide bonds. The van der Waals surface area contributed by atoms with Crippen molar-refractivity contribution in [2.24, 2.45) is 17.8 Å². The molecule has 2 aliphatic carbocycles. The van der Waals surface area contributed by atoms with Gasteiger partial charge in [-0.05, 0) is 62.1 Å².